The first-order valence-electron chi connectivity index (χ1n) is 6.88. The number of nitrogens with one attached hydrogen (secondary N) is 1. The lowest BCUT2D eigenvalue weighted by Crippen LogP contribution is -2.34. The van der Waals surface area contributed by atoms with Crippen LogP contribution in [0.25, 0.3) is 5.65 Å². The molecule has 0 saturated carbocycles. The molecule has 0 fully saturated rings. The van der Waals surface area contributed by atoms with Crippen molar-refractivity contribution in [2.45, 2.75) is 33.4 Å². The van der Waals surface area contributed by atoms with E-state index >= 15 is 0 Å². The Morgan fingerprint density at radius 3 is 2.90 bits per heavy atom. The number of ether oxygens (including phenoxy) is 1. The van der Waals surface area contributed by atoms with Crippen LogP contribution >= 0.6 is 0 Å². The van der Waals surface area contributed by atoms with Gasteiger partial charge in [-0.15, -0.1) is 0 Å². The van der Waals surface area contributed by atoms with Crippen LogP contribution in [-0.4, -0.2) is 28.0 Å². The van der Waals surface area contributed by atoms with Crippen molar-refractivity contribution in [1.82, 2.24) is 14.7 Å². The number of rotatable bonds is 6. The normalized spacial score (nSPS) is 12.8. The van der Waals surface area contributed by atoms with E-state index < -0.39 is 6.10 Å². The lowest BCUT2D eigenvalue weighted by atomic mass is 10.2. The number of nitrogens with zero attached hydrogens (tertiary/aromatic N) is 2. The molecular formula is C15H21N3O2. The van der Waals surface area contributed by atoms with Gasteiger partial charge in [-0.3, -0.25) is 4.79 Å². The molecule has 2 heterocycles. The summed E-state index contributed by atoms with van der Waals surface area (Å²) in [5.74, 6) is 0.311. The smallest absolute Gasteiger partial charge is 0.249 e. The fourth-order valence-corrected chi connectivity index (χ4v) is 1.81. The second-order valence-corrected chi connectivity index (χ2v) is 5.29. The number of hydrogen-bond donors (Lipinski definition) is 1. The van der Waals surface area contributed by atoms with Gasteiger partial charge in [-0.25, -0.2) is 4.98 Å². The van der Waals surface area contributed by atoms with Gasteiger partial charge >= 0.3 is 0 Å². The van der Waals surface area contributed by atoms with Crippen molar-refractivity contribution >= 4 is 11.6 Å². The van der Waals surface area contributed by atoms with E-state index in [9.17, 15) is 4.79 Å². The molecular weight excluding hydrogens is 254 g/mol. The number of amides is 1. The summed E-state index contributed by atoms with van der Waals surface area (Å²) in [5.41, 5.74) is 1.71. The van der Waals surface area contributed by atoms with Crippen LogP contribution in [-0.2, 0) is 16.1 Å². The molecule has 1 N–H and O–H groups in total. The zero-order valence-electron chi connectivity index (χ0n) is 12.2. The van der Waals surface area contributed by atoms with E-state index in [1.54, 1.807) is 6.92 Å². The Bertz CT molecular complexity index is 544. The van der Waals surface area contributed by atoms with Crippen molar-refractivity contribution in [1.29, 1.82) is 0 Å². The van der Waals surface area contributed by atoms with Crippen molar-refractivity contribution < 1.29 is 9.53 Å². The highest BCUT2D eigenvalue weighted by Gasteiger charge is 2.14. The van der Waals surface area contributed by atoms with Gasteiger partial charge in [0.05, 0.1) is 12.2 Å². The van der Waals surface area contributed by atoms with Crippen LogP contribution in [0.1, 0.15) is 26.5 Å². The second kappa shape index (κ2) is 6.52. The van der Waals surface area contributed by atoms with Crippen LogP contribution in [0.3, 0.4) is 0 Å². The molecule has 2 aromatic rings. The third kappa shape index (κ3) is 3.81. The molecule has 0 radical (unpaired) electrons. The number of carbonyl (C=O) groups excluding carboxylic acids is 1. The molecule has 0 saturated heterocycles. The maximum absolute atomic E-state index is 11.9. The Hall–Kier alpha value is -1.88. The maximum atomic E-state index is 11.9. The van der Waals surface area contributed by atoms with Crippen LogP contribution in [0.5, 0.6) is 0 Å². The molecule has 5 nitrogen and oxygen atoms in total. The lowest BCUT2D eigenvalue weighted by Gasteiger charge is -2.14. The highest BCUT2D eigenvalue weighted by Crippen LogP contribution is 2.04. The monoisotopic (exact) mass is 275 g/mol. The molecule has 0 aromatic carbocycles. The van der Waals surface area contributed by atoms with Gasteiger partial charge in [-0.2, -0.15) is 0 Å². The first-order valence-corrected chi connectivity index (χ1v) is 6.88. The molecule has 2 rings (SSSR count). The van der Waals surface area contributed by atoms with E-state index in [4.69, 9.17) is 4.74 Å². The Labute approximate surface area is 119 Å². The minimum atomic E-state index is -0.436. The molecule has 20 heavy (non-hydrogen) atoms. The van der Waals surface area contributed by atoms with E-state index in [-0.39, 0.29) is 5.91 Å². The third-order valence-electron chi connectivity index (χ3n) is 2.91. The maximum Gasteiger partial charge on any atom is 0.249 e. The summed E-state index contributed by atoms with van der Waals surface area (Å²) in [7, 11) is 0. The van der Waals surface area contributed by atoms with E-state index in [0.717, 1.165) is 11.3 Å². The predicted molar refractivity (Wildman–Crippen MR) is 77.3 cm³/mol. The van der Waals surface area contributed by atoms with Gasteiger partial charge in [-0.05, 0) is 25.0 Å². The number of hydrogen-bond acceptors (Lipinski definition) is 3. The average Bonchev–Trinajstić information content (AvgIpc) is 2.84. The summed E-state index contributed by atoms with van der Waals surface area (Å²) in [6, 6.07) is 5.81. The second-order valence-electron chi connectivity index (χ2n) is 5.29. The summed E-state index contributed by atoms with van der Waals surface area (Å²) >= 11 is 0. The van der Waals surface area contributed by atoms with Crippen LogP contribution in [0, 0.1) is 5.92 Å². The van der Waals surface area contributed by atoms with E-state index in [1.807, 2.05) is 35.0 Å². The minimum absolute atomic E-state index is 0.109. The Morgan fingerprint density at radius 2 is 2.20 bits per heavy atom. The third-order valence-corrected chi connectivity index (χ3v) is 2.91. The van der Waals surface area contributed by atoms with Crippen LogP contribution in [0.15, 0.2) is 30.6 Å². The van der Waals surface area contributed by atoms with Crippen molar-refractivity contribution in [3.63, 3.8) is 0 Å². The summed E-state index contributed by atoms with van der Waals surface area (Å²) in [6.45, 7) is 6.88. The van der Waals surface area contributed by atoms with Crippen LogP contribution < -0.4 is 5.32 Å². The Balaban J connectivity index is 1.86. The highest BCUT2D eigenvalue weighted by molar-refractivity contribution is 5.80. The molecule has 2 aromatic heterocycles. The van der Waals surface area contributed by atoms with Crippen LogP contribution in [0.4, 0.5) is 0 Å². The van der Waals surface area contributed by atoms with Crippen molar-refractivity contribution in [3.8, 4) is 0 Å². The van der Waals surface area contributed by atoms with Crippen molar-refractivity contribution in [2.75, 3.05) is 6.61 Å². The SMILES string of the molecule is CC(C)CO[C@@H](C)C(=O)NCc1cn2ccccc2n1. The number of carbonyl (C=O) groups is 1. The molecule has 0 aliphatic heterocycles. The fourth-order valence-electron chi connectivity index (χ4n) is 1.81. The zero-order chi connectivity index (χ0) is 14.5. The molecule has 108 valence electrons. The molecule has 1 atom stereocenters. The van der Waals surface area contributed by atoms with Crippen LogP contribution in [0.2, 0.25) is 0 Å². The summed E-state index contributed by atoms with van der Waals surface area (Å²) in [4.78, 5) is 16.3. The zero-order valence-corrected chi connectivity index (χ0v) is 12.2. The fraction of sp³-hybridized carbons (Fsp3) is 0.467. The summed E-state index contributed by atoms with van der Waals surface area (Å²) in [5, 5.41) is 2.84. The topological polar surface area (TPSA) is 55.6 Å². The lowest BCUT2D eigenvalue weighted by molar-refractivity contribution is -0.132. The van der Waals surface area contributed by atoms with E-state index in [0.29, 0.717) is 19.1 Å². The molecule has 0 aliphatic carbocycles. The Kier molecular flexibility index (Phi) is 4.74. The van der Waals surface area contributed by atoms with Gasteiger partial charge in [0.1, 0.15) is 11.8 Å². The summed E-state index contributed by atoms with van der Waals surface area (Å²) < 4.78 is 7.41. The van der Waals surface area contributed by atoms with Gasteiger partial charge < -0.3 is 14.5 Å². The molecule has 0 unspecified atom stereocenters. The number of imidazole rings is 1. The van der Waals surface area contributed by atoms with Gasteiger partial charge in [0.25, 0.3) is 0 Å². The summed E-state index contributed by atoms with van der Waals surface area (Å²) in [6.07, 6.45) is 3.41. The Morgan fingerprint density at radius 1 is 1.40 bits per heavy atom. The minimum Gasteiger partial charge on any atom is -0.368 e. The first-order chi connectivity index (χ1) is 9.56. The van der Waals surface area contributed by atoms with Crippen molar-refractivity contribution in [3.05, 3.63) is 36.3 Å². The average molecular weight is 275 g/mol. The van der Waals surface area contributed by atoms with Gasteiger partial charge in [0.2, 0.25) is 5.91 Å². The molecule has 1 amide bonds. The van der Waals surface area contributed by atoms with Gasteiger partial charge in [0.15, 0.2) is 0 Å². The molecule has 0 spiro atoms. The van der Waals surface area contributed by atoms with E-state index in [1.165, 1.54) is 0 Å². The highest BCUT2D eigenvalue weighted by atomic mass is 16.5. The first kappa shape index (κ1) is 14.5. The van der Waals surface area contributed by atoms with Gasteiger partial charge in [0, 0.05) is 19.0 Å². The standard InChI is InChI=1S/C15H21N3O2/c1-11(2)10-20-12(3)15(19)16-8-13-9-18-7-5-4-6-14(18)17-13/h4-7,9,11-12H,8,10H2,1-3H3,(H,16,19)/t12-/m0/s1. The number of aromatic nitrogens is 2. The number of pyridine rings is 1. The quantitative estimate of drug-likeness (QED) is 0.877. The molecule has 0 bridgehead atoms. The number of fused-ring (bicyclic) bond motifs is 1. The van der Waals surface area contributed by atoms with E-state index in [2.05, 4.69) is 24.1 Å². The van der Waals surface area contributed by atoms with Gasteiger partial charge in [-0.1, -0.05) is 19.9 Å². The van der Waals surface area contributed by atoms with Crippen molar-refractivity contribution in [2.24, 2.45) is 5.92 Å². The predicted octanol–water partition coefficient (Wildman–Crippen LogP) is 2.01. The molecule has 5 heteroatoms. The largest absolute Gasteiger partial charge is 0.368 e. The molecule has 0 aliphatic rings.